The molecule has 1 aliphatic rings. The van der Waals surface area contributed by atoms with Gasteiger partial charge in [-0.1, -0.05) is 23.4 Å². The number of rotatable bonds is 12. The van der Waals surface area contributed by atoms with E-state index in [0.29, 0.717) is 35.7 Å². The van der Waals surface area contributed by atoms with E-state index in [1.165, 1.54) is 53.7 Å². The molecule has 15 heteroatoms. The number of hydrogen-bond acceptors (Lipinski definition) is 9. The van der Waals surface area contributed by atoms with Crippen LogP contribution >= 0.6 is 0 Å². The van der Waals surface area contributed by atoms with Crippen molar-refractivity contribution in [3.63, 3.8) is 0 Å². The zero-order chi connectivity index (χ0) is 30.5. The molecule has 2 heterocycles. The molecule has 11 nitrogen and oxygen atoms in total. The highest BCUT2D eigenvalue weighted by Crippen LogP contribution is 2.32. The van der Waals surface area contributed by atoms with Crippen molar-refractivity contribution in [2.24, 2.45) is 0 Å². The summed E-state index contributed by atoms with van der Waals surface area (Å²) < 4.78 is 83.9. The Hall–Kier alpha value is -3.69. The Morgan fingerprint density at radius 3 is 2.55 bits per heavy atom. The van der Waals surface area contributed by atoms with Gasteiger partial charge in [0.25, 0.3) is 0 Å². The lowest BCUT2D eigenvalue weighted by atomic mass is 10.1. The van der Waals surface area contributed by atoms with Gasteiger partial charge in [-0.25, -0.2) is 17.9 Å². The van der Waals surface area contributed by atoms with E-state index in [-0.39, 0.29) is 43.6 Å². The number of likely N-dealkylation sites (N-methyl/N-ethyl adjacent to an activating group) is 1. The van der Waals surface area contributed by atoms with E-state index in [4.69, 9.17) is 14.2 Å². The van der Waals surface area contributed by atoms with Crippen molar-refractivity contribution in [1.29, 1.82) is 0 Å². The molecule has 0 amide bonds. The van der Waals surface area contributed by atoms with Crippen molar-refractivity contribution < 1.29 is 40.6 Å². The van der Waals surface area contributed by atoms with Crippen molar-refractivity contribution in [1.82, 2.24) is 24.2 Å². The van der Waals surface area contributed by atoms with Gasteiger partial charge in [0, 0.05) is 19.1 Å². The first-order valence-electron chi connectivity index (χ1n) is 13.0. The van der Waals surface area contributed by atoms with E-state index in [0.717, 1.165) is 6.07 Å². The van der Waals surface area contributed by atoms with Crippen molar-refractivity contribution in [3.05, 3.63) is 71.0 Å². The van der Waals surface area contributed by atoms with Crippen LogP contribution in [0.2, 0.25) is 0 Å². The summed E-state index contributed by atoms with van der Waals surface area (Å²) >= 11 is 0. The number of benzene rings is 2. The summed E-state index contributed by atoms with van der Waals surface area (Å²) in [5.74, 6) is 0.297. The topological polar surface area (TPSA) is 116 Å². The SMILES string of the molecule is COc1ccc(C(=O)OCCCN(C)C2CN(Cc3cn(Cc4ccccc4C(F)(F)F)nn3)S(=O)(=O)C2)cc1OC. The maximum absolute atomic E-state index is 13.3. The molecule has 0 bridgehead atoms. The monoisotopic (exact) mass is 611 g/mol. The average molecular weight is 612 g/mol. The molecule has 1 fully saturated rings. The van der Waals surface area contributed by atoms with Crippen LogP contribution in [0.5, 0.6) is 11.5 Å². The molecule has 1 aliphatic heterocycles. The molecular weight excluding hydrogens is 579 g/mol. The third kappa shape index (κ3) is 7.57. The van der Waals surface area contributed by atoms with Crippen LogP contribution in [0.25, 0.3) is 0 Å². The quantitative estimate of drug-likeness (QED) is 0.225. The molecule has 1 saturated heterocycles. The number of esters is 1. The Morgan fingerprint density at radius 2 is 1.83 bits per heavy atom. The molecule has 4 rings (SSSR count). The van der Waals surface area contributed by atoms with Crippen LogP contribution in [0.1, 0.15) is 33.6 Å². The molecule has 0 spiro atoms. The van der Waals surface area contributed by atoms with Crippen molar-refractivity contribution in [2.45, 2.75) is 31.7 Å². The largest absolute Gasteiger partial charge is 0.493 e. The van der Waals surface area contributed by atoms with Gasteiger partial charge in [-0.15, -0.1) is 5.10 Å². The predicted octanol–water partition coefficient (Wildman–Crippen LogP) is 3.06. The van der Waals surface area contributed by atoms with Crippen LogP contribution in [0.15, 0.2) is 48.7 Å². The number of hydrogen-bond donors (Lipinski definition) is 0. The van der Waals surface area contributed by atoms with Gasteiger partial charge in [0.2, 0.25) is 10.0 Å². The third-order valence-corrected chi connectivity index (χ3v) is 8.79. The summed E-state index contributed by atoms with van der Waals surface area (Å²) in [7, 11) is 1.18. The van der Waals surface area contributed by atoms with Crippen LogP contribution in [-0.2, 0) is 34.0 Å². The van der Waals surface area contributed by atoms with Crippen LogP contribution < -0.4 is 9.47 Å². The lowest BCUT2D eigenvalue weighted by Crippen LogP contribution is -2.37. The fourth-order valence-corrected chi connectivity index (χ4v) is 6.45. The normalized spacial score (nSPS) is 17.0. The Balaban J connectivity index is 1.27. The lowest BCUT2D eigenvalue weighted by molar-refractivity contribution is -0.138. The highest BCUT2D eigenvalue weighted by atomic mass is 32.2. The van der Waals surface area contributed by atoms with Crippen molar-refractivity contribution >= 4 is 16.0 Å². The van der Waals surface area contributed by atoms with Crippen molar-refractivity contribution in [3.8, 4) is 11.5 Å². The minimum absolute atomic E-state index is 0.0336. The first-order valence-corrected chi connectivity index (χ1v) is 14.6. The number of carbonyl (C=O) groups is 1. The fraction of sp³-hybridized carbons (Fsp3) is 0.444. The number of alkyl halides is 3. The molecule has 3 aromatic rings. The molecule has 1 unspecified atom stereocenters. The molecule has 0 radical (unpaired) electrons. The summed E-state index contributed by atoms with van der Waals surface area (Å²) in [6, 6.07) is 9.62. The first-order chi connectivity index (χ1) is 19.9. The Bertz CT molecular complexity index is 1500. The van der Waals surface area contributed by atoms with E-state index >= 15 is 0 Å². The molecule has 2 aromatic carbocycles. The van der Waals surface area contributed by atoms with Crippen LogP contribution in [0.3, 0.4) is 0 Å². The molecule has 42 heavy (non-hydrogen) atoms. The van der Waals surface area contributed by atoms with Gasteiger partial charge in [-0.05, 0) is 43.3 Å². The van der Waals surface area contributed by atoms with Gasteiger partial charge >= 0.3 is 12.1 Å². The zero-order valence-electron chi connectivity index (χ0n) is 23.4. The zero-order valence-corrected chi connectivity index (χ0v) is 24.2. The standard InChI is InChI=1S/C27H32F3N5O6S/c1-33(11-6-12-41-26(36)19-9-10-24(39-2)25(13-19)40-3)22-17-35(42(37,38)18-22)16-21-15-34(32-31-21)14-20-7-4-5-8-23(20)27(28,29)30/h4-5,7-10,13,15,22H,6,11-12,14,16-18H2,1-3H3. The number of ether oxygens (including phenoxy) is 3. The Kier molecular flexibility index (Phi) is 9.74. The first kappa shape index (κ1) is 31.3. The van der Waals surface area contributed by atoms with E-state index in [9.17, 15) is 26.4 Å². The second kappa shape index (κ2) is 13.1. The van der Waals surface area contributed by atoms with E-state index in [1.54, 1.807) is 19.2 Å². The predicted molar refractivity (Wildman–Crippen MR) is 146 cm³/mol. The molecule has 0 aliphatic carbocycles. The Morgan fingerprint density at radius 1 is 1.10 bits per heavy atom. The van der Waals surface area contributed by atoms with Gasteiger partial charge in [0.1, 0.15) is 0 Å². The van der Waals surface area contributed by atoms with Crippen LogP contribution in [-0.4, -0.2) is 91.3 Å². The van der Waals surface area contributed by atoms with E-state index < -0.39 is 27.7 Å². The second-order valence-corrected chi connectivity index (χ2v) is 11.8. The number of aromatic nitrogens is 3. The maximum atomic E-state index is 13.3. The van der Waals surface area contributed by atoms with Crippen LogP contribution in [0.4, 0.5) is 13.2 Å². The molecule has 0 N–H and O–H groups in total. The summed E-state index contributed by atoms with van der Waals surface area (Å²) in [5.41, 5.74) is -0.0782. The fourth-order valence-electron chi connectivity index (χ4n) is 4.67. The number of nitrogens with zero attached hydrogens (tertiary/aromatic N) is 5. The number of methoxy groups -OCH3 is 2. The molecular formula is C27H32F3N5O6S. The van der Waals surface area contributed by atoms with E-state index in [2.05, 4.69) is 10.3 Å². The van der Waals surface area contributed by atoms with Gasteiger partial charge in [0.15, 0.2) is 11.5 Å². The summed E-state index contributed by atoms with van der Waals surface area (Å²) in [6.07, 6.45) is -2.57. The summed E-state index contributed by atoms with van der Waals surface area (Å²) in [4.78, 5) is 14.3. The second-order valence-electron chi connectivity index (χ2n) is 9.83. The van der Waals surface area contributed by atoms with Crippen LogP contribution in [0, 0.1) is 0 Å². The minimum atomic E-state index is -4.50. The molecule has 228 valence electrons. The maximum Gasteiger partial charge on any atom is 0.416 e. The van der Waals surface area contributed by atoms with Gasteiger partial charge in [-0.2, -0.15) is 17.5 Å². The van der Waals surface area contributed by atoms with Crippen molar-refractivity contribution in [2.75, 3.05) is 46.7 Å². The minimum Gasteiger partial charge on any atom is -0.493 e. The number of sulfonamides is 1. The number of halogens is 3. The lowest BCUT2D eigenvalue weighted by Gasteiger charge is -2.23. The Labute approximate surface area is 241 Å². The summed E-state index contributed by atoms with van der Waals surface area (Å²) in [5, 5.41) is 7.87. The highest BCUT2D eigenvalue weighted by molar-refractivity contribution is 7.89. The molecule has 1 atom stereocenters. The van der Waals surface area contributed by atoms with Gasteiger partial charge in [-0.3, -0.25) is 0 Å². The van der Waals surface area contributed by atoms with Gasteiger partial charge in [0.05, 0.1) is 62.7 Å². The smallest absolute Gasteiger partial charge is 0.416 e. The van der Waals surface area contributed by atoms with Gasteiger partial charge < -0.3 is 19.1 Å². The summed E-state index contributed by atoms with van der Waals surface area (Å²) in [6.45, 7) is 0.644. The third-order valence-electron chi connectivity index (χ3n) is 6.92. The van der Waals surface area contributed by atoms with E-state index in [1.807, 2.05) is 4.90 Å². The molecule has 1 aromatic heterocycles. The average Bonchev–Trinajstić information content (AvgIpc) is 3.52. The highest BCUT2D eigenvalue weighted by Gasteiger charge is 2.38. The number of carbonyl (C=O) groups excluding carboxylic acids is 1. The molecule has 0 saturated carbocycles.